The fraction of sp³-hybridized carbons (Fsp3) is 0.583. The Kier molecular flexibility index (Phi) is 3.22. The van der Waals surface area contributed by atoms with E-state index in [0.29, 0.717) is 12.5 Å². The Balaban J connectivity index is 2.14. The third-order valence-corrected chi connectivity index (χ3v) is 3.62. The van der Waals surface area contributed by atoms with Crippen molar-refractivity contribution >= 4 is 17.1 Å². The third-order valence-electron chi connectivity index (χ3n) is 2.78. The fourth-order valence-electron chi connectivity index (χ4n) is 1.80. The van der Waals surface area contributed by atoms with Gasteiger partial charge in [-0.05, 0) is 44.1 Å². The smallest absolute Gasteiger partial charge is 0.192 e. The predicted octanol–water partition coefficient (Wildman–Crippen LogP) is 3.05. The topological polar surface area (TPSA) is 26.3 Å². The molecule has 2 nitrogen and oxygen atoms in total. The van der Waals surface area contributed by atoms with Crippen LogP contribution in [-0.2, 0) is 4.74 Å². The zero-order valence-corrected chi connectivity index (χ0v) is 9.97. The molecule has 3 heteroatoms. The van der Waals surface area contributed by atoms with Gasteiger partial charge in [-0.25, -0.2) is 0 Å². The highest BCUT2D eigenvalue weighted by Gasteiger charge is 2.37. The van der Waals surface area contributed by atoms with E-state index in [4.69, 9.17) is 4.74 Å². The molecular weight excluding hydrogens is 208 g/mol. The molecule has 1 aromatic rings. The lowest BCUT2D eigenvalue weighted by Gasteiger charge is -2.14. The van der Waals surface area contributed by atoms with Gasteiger partial charge in [0.2, 0.25) is 0 Å². The van der Waals surface area contributed by atoms with Crippen LogP contribution in [0.15, 0.2) is 11.4 Å². The number of rotatable bonds is 5. The van der Waals surface area contributed by atoms with Crippen molar-refractivity contribution in [2.24, 2.45) is 5.92 Å². The summed E-state index contributed by atoms with van der Waals surface area (Å²) in [5, 5.41) is 1.97. The summed E-state index contributed by atoms with van der Waals surface area (Å²) in [6.07, 6.45) is 2.09. The predicted molar refractivity (Wildman–Crippen MR) is 61.5 cm³/mol. The Morgan fingerprint density at radius 3 is 2.87 bits per heavy atom. The van der Waals surface area contributed by atoms with Crippen molar-refractivity contribution in [3.8, 4) is 0 Å². The fourth-order valence-corrected chi connectivity index (χ4v) is 2.50. The lowest BCUT2D eigenvalue weighted by Crippen LogP contribution is -2.26. The van der Waals surface area contributed by atoms with Crippen LogP contribution in [0.25, 0.3) is 0 Å². The number of hydrogen-bond acceptors (Lipinski definition) is 3. The average Bonchev–Trinajstić information content (AvgIpc) is 2.97. The van der Waals surface area contributed by atoms with E-state index in [2.05, 4.69) is 0 Å². The van der Waals surface area contributed by atoms with Crippen molar-refractivity contribution in [1.82, 2.24) is 0 Å². The molecule has 15 heavy (non-hydrogen) atoms. The first-order chi connectivity index (χ1) is 7.24. The molecule has 1 unspecified atom stereocenters. The Labute approximate surface area is 94.3 Å². The van der Waals surface area contributed by atoms with Gasteiger partial charge in [0.25, 0.3) is 0 Å². The number of thiophene rings is 1. The number of aryl methyl sites for hydroxylation is 1. The van der Waals surface area contributed by atoms with Crippen molar-refractivity contribution in [3.63, 3.8) is 0 Å². The molecule has 1 saturated carbocycles. The molecule has 0 spiro atoms. The SMILES string of the molecule is CCOC(C(=O)c1ccsc1C)C1CC1. The average molecular weight is 224 g/mol. The van der Waals surface area contributed by atoms with Gasteiger partial charge in [0, 0.05) is 17.0 Å². The second kappa shape index (κ2) is 4.45. The molecule has 0 amide bonds. The highest BCUT2D eigenvalue weighted by atomic mass is 32.1. The molecule has 1 atom stereocenters. The second-order valence-electron chi connectivity index (χ2n) is 3.97. The summed E-state index contributed by atoms with van der Waals surface area (Å²) in [5.74, 6) is 0.648. The van der Waals surface area contributed by atoms with E-state index in [0.717, 1.165) is 23.3 Å². The molecule has 0 N–H and O–H groups in total. The van der Waals surface area contributed by atoms with Gasteiger partial charge in [-0.2, -0.15) is 0 Å². The summed E-state index contributed by atoms with van der Waals surface area (Å²) in [5.41, 5.74) is 0.852. The number of ketones is 1. The first kappa shape index (κ1) is 10.8. The summed E-state index contributed by atoms with van der Waals surface area (Å²) >= 11 is 1.62. The van der Waals surface area contributed by atoms with Crippen LogP contribution in [0, 0.1) is 12.8 Å². The molecule has 1 aromatic heterocycles. The second-order valence-corrected chi connectivity index (χ2v) is 5.09. The Morgan fingerprint density at radius 1 is 1.67 bits per heavy atom. The lowest BCUT2D eigenvalue weighted by molar-refractivity contribution is 0.0374. The van der Waals surface area contributed by atoms with E-state index in [1.807, 2.05) is 25.3 Å². The number of Topliss-reactive ketones (excluding diaryl/α,β-unsaturated/α-hetero) is 1. The van der Waals surface area contributed by atoms with Crippen molar-refractivity contribution in [3.05, 3.63) is 21.9 Å². The summed E-state index contributed by atoms with van der Waals surface area (Å²) < 4.78 is 5.56. The molecule has 0 saturated heterocycles. The molecule has 0 radical (unpaired) electrons. The molecule has 1 aliphatic carbocycles. The van der Waals surface area contributed by atoms with E-state index >= 15 is 0 Å². The molecule has 0 aliphatic heterocycles. The van der Waals surface area contributed by atoms with Gasteiger partial charge in [-0.1, -0.05) is 0 Å². The minimum Gasteiger partial charge on any atom is -0.370 e. The van der Waals surface area contributed by atoms with Gasteiger partial charge in [0.1, 0.15) is 6.10 Å². The minimum atomic E-state index is -0.191. The van der Waals surface area contributed by atoms with Crippen LogP contribution in [0.1, 0.15) is 35.0 Å². The molecule has 1 heterocycles. The highest BCUT2D eigenvalue weighted by Crippen LogP contribution is 2.36. The lowest BCUT2D eigenvalue weighted by atomic mass is 10.0. The van der Waals surface area contributed by atoms with Crippen molar-refractivity contribution in [2.75, 3.05) is 6.61 Å². The van der Waals surface area contributed by atoms with Gasteiger partial charge in [-0.15, -0.1) is 11.3 Å². The van der Waals surface area contributed by atoms with Crippen LogP contribution >= 0.6 is 11.3 Å². The van der Waals surface area contributed by atoms with Crippen LogP contribution in [0.5, 0.6) is 0 Å². The molecule has 82 valence electrons. The van der Waals surface area contributed by atoms with E-state index in [1.165, 1.54) is 0 Å². The zero-order valence-electron chi connectivity index (χ0n) is 9.16. The number of hydrogen-bond donors (Lipinski definition) is 0. The molecule has 1 aliphatic rings. The van der Waals surface area contributed by atoms with Gasteiger partial charge in [0.15, 0.2) is 5.78 Å². The highest BCUT2D eigenvalue weighted by molar-refractivity contribution is 7.10. The number of carbonyl (C=O) groups excluding carboxylic acids is 1. The monoisotopic (exact) mass is 224 g/mol. The number of carbonyl (C=O) groups is 1. The maximum atomic E-state index is 12.2. The van der Waals surface area contributed by atoms with Crippen LogP contribution in [-0.4, -0.2) is 18.5 Å². The maximum Gasteiger partial charge on any atom is 0.192 e. The Morgan fingerprint density at radius 2 is 2.40 bits per heavy atom. The molecule has 0 bridgehead atoms. The van der Waals surface area contributed by atoms with Crippen LogP contribution in [0.3, 0.4) is 0 Å². The molecule has 1 fully saturated rings. The first-order valence-electron chi connectivity index (χ1n) is 5.44. The Hall–Kier alpha value is -0.670. The van der Waals surface area contributed by atoms with E-state index in [-0.39, 0.29) is 11.9 Å². The normalized spacial score (nSPS) is 17.7. The van der Waals surface area contributed by atoms with E-state index < -0.39 is 0 Å². The van der Waals surface area contributed by atoms with Crippen LogP contribution in [0.2, 0.25) is 0 Å². The summed E-state index contributed by atoms with van der Waals surface area (Å²) in [6, 6.07) is 1.91. The third kappa shape index (κ3) is 2.29. The van der Waals surface area contributed by atoms with Crippen molar-refractivity contribution in [1.29, 1.82) is 0 Å². The van der Waals surface area contributed by atoms with Gasteiger partial charge < -0.3 is 4.74 Å². The van der Waals surface area contributed by atoms with Crippen LogP contribution in [0.4, 0.5) is 0 Å². The van der Waals surface area contributed by atoms with E-state index in [9.17, 15) is 4.79 Å². The zero-order chi connectivity index (χ0) is 10.8. The minimum absolute atomic E-state index is 0.179. The van der Waals surface area contributed by atoms with Gasteiger partial charge in [-0.3, -0.25) is 4.79 Å². The molecule has 0 aromatic carbocycles. The maximum absolute atomic E-state index is 12.2. The first-order valence-corrected chi connectivity index (χ1v) is 6.32. The van der Waals surface area contributed by atoms with E-state index in [1.54, 1.807) is 11.3 Å². The van der Waals surface area contributed by atoms with Crippen molar-refractivity contribution < 1.29 is 9.53 Å². The quantitative estimate of drug-likeness (QED) is 0.718. The molecular formula is C12H16O2S. The van der Waals surface area contributed by atoms with Crippen molar-refractivity contribution in [2.45, 2.75) is 32.8 Å². The number of ether oxygens (including phenoxy) is 1. The van der Waals surface area contributed by atoms with Gasteiger partial charge >= 0.3 is 0 Å². The summed E-state index contributed by atoms with van der Waals surface area (Å²) in [6.45, 7) is 4.56. The summed E-state index contributed by atoms with van der Waals surface area (Å²) in [7, 11) is 0. The standard InChI is InChI=1S/C12H16O2S/c1-3-14-12(9-4-5-9)11(13)10-6-7-15-8(10)2/h6-7,9,12H,3-5H2,1-2H3. The van der Waals surface area contributed by atoms with Gasteiger partial charge in [0.05, 0.1) is 0 Å². The summed E-state index contributed by atoms with van der Waals surface area (Å²) in [4.78, 5) is 13.3. The molecule has 2 rings (SSSR count). The largest absolute Gasteiger partial charge is 0.370 e. The van der Waals surface area contributed by atoms with Crippen LogP contribution < -0.4 is 0 Å². The Bertz CT molecular complexity index is 352.